The second kappa shape index (κ2) is 6.09. The lowest BCUT2D eigenvalue weighted by Gasteiger charge is -2.20. The minimum Gasteiger partial charge on any atom is -0.306 e. The van der Waals surface area contributed by atoms with Gasteiger partial charge in [0.25, 0.3) is 0 Å². The van der Waals surface area contributed by atoms with Crippen molar-refractivity contribution in [2.45, 2.75) is 26.8 Å². The fourth-order valence-corrected chi connectivity index (χ4v) is 2.38. The van der Waals surface area contributed by atoms with Crippen LogP contribution in [-0.2, 0) is 0 Å². The highest BCUT2D eigenvalue weighted by Gasteiger charge is 2.18. The van der Waals surface area contributed by atoms with Gasteiger partial charge in [-0.15, -0.1) is 0 Å². The monoisotopic (exact) mass is 276 g/mol. The molecule has 106 valence electrons. The summed E-state index contributed by atoms with van der Waals surface area (Å²) in [5.74, 6) is -1.10. The van der Waals surface area contributed by atoms with E-state index in [1.807, 2.05) is 32.9 Å². The Morgan fingerprint density at radius 1 is 1.10 bits per heavy atom. The summed E-state index contributed by atoms with van der Waals surface area (Å²) in [5.41, 5.74) is 3.14. The van der Waals surface area contributed by atoms with E-state index in [-0.39, 0.29) is 6.04 Å². The average molecular weight is 276 g/mol. The smallest absolute Gasteiger partial charge is 0.131 e. The van der Waals surface area contributed by atoms with Gasteiger partial charge in [-0.3, -0.25) is 4.98 Å². The average Bonchev–Trinajstić information content (AvgIpc) is 2.35. The van der Waals surface area contributed by atoms with Crippen LogP contribution in [0.5, 0.6) is 0 Å². The fourth-order valence-electron chi connectivity index (χ4n) is 2.38. The summed E-state index contributed by atoms with van der Waals surface area (Å²) in [6.45, 7) is 6.44. The lowest BCUT2D eigenvalue weighted by atomic mass is 9.97. The highest BCUT2D eigenvalue weighted by molar-refractivity contribution is 5.34. The van der Waals surface area contributed by atoms with E-state index in [1.54, 1.807) is 0 Å². The number of rotatable bonds is 4. The summed E-state index contributed by atoms with van der Waals surface area (Å²) in [6, 6.07) is 7.22. The first-order valence-corrected chi connectivity index (χ1v) is 6.64. The van der Waals surface area contributed by atoms with E-state index < -0.39 is 11.6 Å². The molecule has 0 bridgehead atoms. The number of aromatic nitrogens is 1. The van der Waals surface area contributed by atoms with Gasteiger partial charge in [-0.05, 0) is 44.2 Å². The molecular weight excluding hydrogens is 258 g/mol. The van der Waals surface area contributed by atoms with Crippen LogP contribution in [0.1, 0.15) is 35.5 Å². The van der Waals surface area contributed by atoms with Crippen molar-refractivity contribution in [3.63, 3.8) is 0 Å². The first kappa shape index (κ1) is 14.6. The van der Waals surface area contributed by atoms with Gasteiger partial charge >= 0.3 is 0 Å². The zero-order valence-corrected chi connectivity index (χ0v) is 11.9. The quantitative estimate of drug-likeness (QED) is 0.921. The van der Waals surface area contributed by atoms with Gasteiger partial charge in [-0.2, -0.15) is 0 Å². The molecule has 2 aromatic rings. The normalized spacial score (nSPS) is 12.4. The van der Waals surface area contributed by atoms with Gasteiger partial charge in [-0.25, -0.2) is 8.78 Å². The van der Waals surface area contributed by atoms with Gasteiger partial charge in [0, 0.05) is 23.0 Å². The Kier molecular flexibility index (Phi) is 4.45. The van der Waals surface area contributed by atoms with Gasteiger partial charge in [-0.1, -0.05) is 13.0 Å². The molecule has 0 fully saturated rings. The Bertz CT molecular complexity index is 591. The van der Waals surface area contributed by atoms with Gasteiger partial charge in [0.1, 0.15) is 11.6 Å². The molecule has 2 nitrogen and oxygen atoms in total. The number of aryl methyl sites for hydroxylation is 2. The second-order valence-corrected chi connectivity index (χ2v) is 4.84. The molecule has 0 aliphatic rings. The van der Waals surface area contributed by atoms with Crippen LogP contribution >= 0.6 is 0 Å². The summed E-state index contributed by atoms with van der Waals surface area (Å²) < 4.78 is 27.1. The predicted molar refractivity (Wildman–Crippen MR) is 75.6 cm³/mol. The number of benzene rings is 1. The molecule has 0 radical (unpaired) electrons. The third-order valence-corrected chi connectivity index (χ3v) is 3.12. The molecule has 1 N–H and O–H groups in total. The van der Waals surface area contributed by atoms with Crippen LogP contribution in [0.15, 0.2) is 30.3 Å². The summed E-state index contributed by atoms with van der Waals surface area (Å²) >= 11 is 0. The van der Waals surface area contributed by atoms with Crippen LogP contribution in [-0.4, -0.2) is 11.5 Å². The molecule has 0 saturated carbocycles. The number of nitrogens with one attached hydrogen (secondary N) is 1. The lowest BCUT2D eigenvalue weighted by Crippen LogP contribution is -2.23. The van der Waals surface area contributed by atoms with Crippen molar-refractivity contribution < 1.29 is 8.78 Å². The molecule has 1 unspecified atom stereocenters. The molecule has 1 heterocycles. The summed E-state index contributed by atoms with van der Waals surface area (Å²) in [6.07, 6.45) is 0. The highest BCUT2D eigenvalue weighted by atomic mass is 19.1. The van der Waals surface area contributed by atoms with Crippen molar-refractivity contribution in [2.24, 2.45) is 0 Å². The van der Waals surface area contributed by atoms with E-state index in [2.05, 4.69) is 10.3 Å². The summed E-state index contributed by atoms with van der Waals surface area (Å²) in [4.78, 5) is 4.33. The van der Waals surface area contributed by atoms with Crippen molar-refractivity contribution >= 4 is 0 Å². The van der Waals surface area contributed by atoms with Gasteiger partial charge in [0.05, 0.1) is 6.04 Å². The molecule has 0 aliphatic carbocycles. The van der Waals surface area contributed by atoms with E-state index in [0.717, 1.165) is 23.0 Å². The maximum absolute atomic E-state index is 14.0. The minimum absolute atomic E-state index is 0.305. The molecule has 4 heteroatoms. The maximum atomic E-state index is 14.0. The molecule has 0 spiro atoms. The Balaban J connectivity index is 2.49. The van der Waals surface area contributed by atoms with Crippen molar-refractivity contribution in [3.05, 3.63) is 64.5 Å². The maximum Gasteiger partial charge on any atom is 0.131 e. The largest absolute Gasteiger partial charge is 0.306 e. The summed E-state index contributed by atoms with van der Waals surface area (Å²) in [7, 11) is 0. The van der Waals surface area contributed by atoms with Crippen molar-refractivity contribution in [3.8, 4) is 0 Å². The first-order valence-electron chi connectivity index (χ1n) is 6.64. The lowest BCUT2D eigenvalue weighted by molar-refractivity contribution is 0.540. The van der Waals surface area contributed by atoms with Crippen LogP contribution in [0.3, 0.4) is 0 Å². The van der Waals surface area contributed by atoms with Crippen molar-refractivity contribution in [1.82, 2.24) is 10.3 Å². The fraction of sp³-hybridized carbons (Fsp3) is 0.312. The standard InChI is InChI=1S/C16H18F2N2/c1-4-19-16(12-7-10(2)20-11(3)8-12)14-6-5-13(17)9-15(14)18/h5-9,16,19H,4H2,1-3H3. The number of hydrogen-bond acceptors (Lipinski definition) is 2. The Labute approximate surface area is 117 Å². The molecule has 1 atom stereocenters. The molecule has 1 aromatic heterocycles. The van der Waals surface area contributed by atoms with Crippen molar-refractivity contribution in [1.29, 1.82) is 0 Å². The third-order valence-electron chi connectivity index (χ3n) is 3.12. The van der Waals surface area contributed by atoms with Crippen LogP contribution in [0.2, 0.25) is 0 Å². The van der Waals surface area contributed by atoms with E-state index in [0.29, 0.717) is 12.1 Å². The molecule has 0 amide bonds. The number of halogens is 2. The van der Waals surface area contributed by atoms with Gasteiger partial charge in [0.2, 0.25) is 0 Å². The van der Waals surface area contributed by atoms with E-state index in [1.165, 1.54) is 12.1 Å². The third kappa shape index (κ3) is 3.20. The molecular formula is C16H18F2N2. The van der Waals surface area contributed by atoms with Gasteiger partial charge in [0.15, 0.2) is 0 Å². The van der Waals surface area contributed by atoms with Crippen LogP contribution < -0.4 is 5.32 Å². The van der Waals surface area contributed by atoms with Crippen molar-refractivity contribution in [2.75, 3.05) is 6.54 Å². The van der Waals surface area contributed by atoms with Crippen LogP contribution in [0.4, 0.5) is 8.78 Å². The van der Waals surface area contributed by atoms with Gasteiger partial charge < -0.3 is 5.32 Å². The van der Waals surface area contributed by atoms with E-state index in [4.69, 9.17) is 0 Å². The topological polar surface area (TPSA) is 24.9 Å². The minimum atomic E-state index is -0.566. The highest BCUT2D eigenvalue weighted by Crippen LogP contribution is 2.25. The first-order chi connectivity index (χ1) is 9.51. The number of nitrogens with zero attached hydrogens (tertiary/aromatic N) is 1. The SMILES string of the molecule is CCNC(c1cc(C)nc(C)c1)c1ccc(F)cc1F. The molecule has 2 rings (SSSR count). The Hall–Kier alpha value is -1.81. The second-order valence-electron chi connectivity index (χ2n) is 4.84. The van der Waals surface area contributed by atoms with E-state index >= 15 is 0 Å². The zero-order chi connectivity index (χ0) is 14.7. The Morgan fingerprint density at radius 3 is 2.30 bits per heavy atom. The number of pyridine rings is 1. The van der Waals surface area contributed by atoms with Crippen LogP contribution in [0.25, 0.3) is 0 Å². The predicted octanol–water partition coefficient (Wildman–Crippen LogP) is 3.68. The molecule has 20 heavy (non-hydrogen) atoms. The molecule has 0 aliphatic heterocycles. The zero-order valence-electron chi connectivity index (χ0n) is 11.9. The van der Waals surface area contributed by atoms with E-state index in [9.17, 15) is 8.78 Å². The molecule has 1 aromatic carbocycles. The number of hydrogen-bond donors (Lipinski definition) is 1. The summed E-state index contributed by atoms with van der Waals surface area (Å²) in [5, 5.41) is 3.24. The Morgan fingerprint density at radius 2 is 1.75 bits per heavy atom. The van der Waals surface area contributed by atoms with Crippen LogP contribution in [0, 0.1) is 25.5 Å². The molecule has 0 saturated heterocycles.